The van der Waals surface area contributed by atoms with Crippen LogP contribution in [0.2, 0.25) is 0 Å². The van der Waals surface area contributed by atoms with Crippen molar-refractivity contribution in [2.75, 3.05) is 19.9 Å². The van der Waals surface area contributed by atoms with Crippen LogP contribution in [0, 0.1) is 0 Å². The second-order valence-electron chi connectivity index (χ2n) is 4.48. The van der Waals surface area contributed by atoms with Crippen molar-refractivity contribution >= 4 is 17.7 Å². The van der Waals surface area contributed by atoms with Gasteiger partial charge in [-0.25, -0.2) is 4.98 Å². The molecule has 0 bridgehead atoms. The molecular weight excluding hydrogens is 286 g/mol. The molecule has 1 aromatic carbocycles. The molecule has 1 N–H and O–H groups in total. The fourth-order valence-corrected chi connectivity index (χ4v) is 2.39. The Balaban J connectivity index is 1.87. The highest BCUT2D eigenvalue weighted by Gasteiger charge is 2.12. The minimum atomic E-state index is -0.106. The van der Waals surface area contributed by atoms with Crippen molar-refractivity contribution in [2.45, 2.75) is 17.9 Å². The molecule has 0 aliphatic heterocycles. The molecule has 21 heavy (non-hydrogen) atoms. The number of imidazole rings is 1. The van der Waals surface area contributed by atoms with Crippen molar-refractivity contribution in [2.24, 2.45) is 0 Å². The van der Waals surface area contributed by atoms with E-state index in [9.17, 15) is 4.79 Å². The van der Waals surface area contributed by atoms with Gasteiger partial charge in [0.05, 0.1) is 19.0 Å². The van der Waals surface area contributed by atoms with Gasteiger partial charge in [-0.2, -0.15) is 0 Å². The maximum absolute atomic E-state index is 12.2. The zero-order valence-electron chi connectivity index (χ0n) is 12.2. The number of rotatable bonds is 7. The van der Waals surface area contributed by atoms with E-state index in [2.05, 4.69) is 10.3 Å². The Kier molecular flexibility index (Phi) is 5.68. The molecule has 1 heterocycles. The Bertz CT molecular complexity index is 585. The van der Waals surface area contributed by atoms with Gasteiger partial charge < -0.3 is 14.6 Å². The Morgan fingerprint density at radius 1 is 1.48 bits per heavy atom. The SMILES string of the molecule is COc1cc(SC)ccc1C(=O)NCCCn1ccnc1. The van der Waals surface area contributed by atoms with E-state index >= 15 is 0 Å². The molecule has 0 unspecified atom stereocenters. The first-order valence-electron chi connectivity index (χ1n) is 6.70. The number of nitrogens with zero attached hydrogens (tertiary/aromatic N) is 2. The second kappa shape index (κ2) is 7.73. The zero-order chi connectivity index (χ0) is 15.1. The lowest BCUT2D eigenvalue weighted by molar-refractivity contribution is 0.0949. The molecule has 0 saturated carbocycles. The van der Waals surface area contributed by atoms with Gasteiger partial charge in [0.15, 0.2) is 0 Å². The number of aromatic nitrogens is 2. The summed E-state index contributed by atoms with van der Waals surface area (Å²) in [5.74, 6) is 0.499. The van der Waals surface area contributed by atoms with Gasteiger partial charge in [0.25, 0.3) is 5.91 Å². The van der Waals surface area contributed by atoms with Gasteiger partial charge in [0.1, 0.15) is 5.75 Å². The van der Waals surface area contributed by atoms with Crippen LogP contribution in [0.4, 0.5) is 0 Å². The first-order valence-corrected chi connectivity index (χ1v) is 7.93. The van der Waals surface area contributed by atoms with Crippen LogP contribution in [-0.4, -0.2) is 35.4 Å². The van der Waals surface area contributed by atoms with Gasteiger partial charge in [-0.15, -0.1) is 11.8 Å². The Hall–Kier alpha value is -1.95. The van der Waals surface area contributed by atoms with E-state index in [4.69, 9.17) is 4.74 Å². The monoisotopic (exact) mass is 305 g/mol. The van der Waals surface area contributed by atoms with E-state index < -0.39 is 0 Å². The average molecular weight is 305 g/mol. The van der Waals surface area contributed by atoms with E-state index in [1.165, 1.54) is 0 Å². The van der Waals surface area contributed by atoms with Crippen molar-refractivity contribution in [3.8, 4) is 5.75 Å². The lowest BCUT2D eigenvalue weighted by Crippen LogP contribution is -2.25. The molecule has 0 aliphatic rings. The summed E-state index contributed by atoms with van der Waals surface area (Å²) in [4.78, 5) is 17.2. The van der Waals surface area contributed by atoms with Crippen molar-refractivity contribution in [1.29, 1.82) is 0 Å². The van der Waals surface area contributed by atoms with Gasteiger partial charge >= 0.3 is 0 Å². The van der Waals surface area contributed by atoms with Gasteiger partial charge in [-0.1, -0.05) is 0 Å². The summed E-state index contributed by atoms with van der Waals surface area (Å²) in [5.41, 5.74) is 0.568. The van der Waals surface area contributed by atoms with Gasteiger partial charge in [-0.05, 0) is 30.9 Å². The molecule has 2 aromatic rings. The van der Waals surface area contributed by atoms with Crippen LogP contribution in [0.5, 0.6) is 5.75 Å². The fourth-order valence-electron chi connectivity index (χ4n) is 1.96. The van der Waals surface area contributed by atoms with E-state index in [-0.39, 0.29) is 5.91 Å². The smallest absolute Gasteiger partial charge is 0.255 e. The largest absolute Gasteiger partial charge is 0.496 e. The van der Waals surface area contributed by atoms with Crippen LogP contribution in [0.25, 0.3) is 0 Å². The van der Waals surface area contributed by atoms with Crippen LogP contribution >= 0.6 is 11.8 Å². The van der Waals surface area contributed by atoms with Crippen LogP contribution in [0.1, 0.15) is 16.8 Å². The standard InChI is InChI=1S/C15H19N3O2S/c1-20-14-10-12(21-2)4-5-13(14)15(19)17-6-3-8-18-9-7-16-11-18/h4-5,7,9-11H,3,6,8H2,1-2H3,(H,17,19). The summed E-state index contributed by atoms with van der Waals surface area (Å²) < 4.78 is 7.27. The molecule has 0 fully saturated rings. The van der Waals surface area contributed by atoms with Crippen LogP contribution < -0.4 is 10.1 Å². The molecule has 1 amide bonds. The third-order valence-electron chi connectivity index (χ3n) is 3.09. The molecule has 0 atom stereocenters. The number of carbonyl (C=O) groups is 1. The zero-order valence-corrected chi connectivity index (χ0v) is 13.0. The minimum absolute atomic E-state index is 0.106. The number of aryl methyl sites for hydroxylation is 1. The predicted octanol–water partition coefficient (Wildman–Crippen LogP) is 2.43. The summed E-state index contributed by atoms with van der Waals surface area (Å²) in [6, 6.07) is 5.61. The third-order valence-corrected chi connectivity index (χ3v) is 3.82. The first kappa shape index (κ1) is 15.4. The number of amides is 1. The number of methoxy groups -OCH3 is 1. The molecule has 0 aliphatic carbocycles. The molecule has 6 heteroatoms. The number of benzene rings is 1. The summed E-state index contributed by atoms with van der Waals surface area (Å²) in [7, 11) is 1.58. The van der Waals surface area contributed by atoms with E-state index in [0.29, 0.717) is 17.9 Å². The Morgan fingerprint density at radius 3 is 3.00 bits per heavy atom. The first-order chi connectivity index (χ1) is 10.2. The number of hydrogen-bond donors (Lipinski definition) is 1. The molecule has 2 rings (SSSR count). The highest BCUT2D eigenvalue weighted by atomic mass is 32.2. The van der Waals surface area contributed by atoms with E-state index in [0.717, 1.165) is 17.9 Å². The molecule has 112 valence electrons. The highest BCUT2D eigenvalue weighted by Crippen LogP contribution is 2.25. The van der Waals surface area contributed by atoms with Crippen LogP contribution in [0.3, 0.4) is 0 Å². The maximum Gasteiger partial charge on any atom is 0.255 e. The van der Waals surface area contributed by atoms with Crippen molar-refractivity contribution < 1.29 is 9.53 Å². The summed E-state index contributed by atoms with van der Waals surface area (Å²) in [6.07, 6.45) is 8.27. The fraction of sp³-hybridized carbons (Fsp3) is 0.333. The highest BCUT2D eigenvalue weighted by molar-refractivity contribution is 7.98. The number of carbonyl (C=O) groups excluding carboxylic acids is 1. The lowest BCUT2D eigenvalue weighted by Gasteiger charge is -2.10. The second-order valence-corrected chi connectivity index (χ2v) is 5.36. The molecule has 0 spiro atoms. The number of thioether (sulfide) groups is 1. The number of nitrogens with one attached hydrogen (secondary N) is 1. The topological polar surface area (TPSA) is 56.1 Å². The van der Waals surface area contributed by atoms with Gasteiger partial charge in [0, 0.05) is 30.4 Å². The summed E-state index contributed by atoms with van der Waals surface area (Å²) >= 11 is 1.62. The van der Waals surface area contributed by atoms with E-state index in [1.54, 1.807) is 37.5 Å². The molecule has 0 radical (unpaired) electrons. The number of ether oxygens (including phenoxy) is 1. The Labute approximate surface area is 128 Å². The molecular formula is C15H19N3O2S. The predicted molar refractivity (Wildman–Crippen MR) is 84.0 cm³/mol. The van der Waals surface area contributed by atoms with Crippen LogP contribution in [0.15, 0.2) is 41.8 Å². The average Bonchev–Trinajstić information content (AvgIpc) is 3.04. The quantitative estimate of drug-likeness (QED) is 0.630. The lowest BCUT2D eigenvalue weighted by atomic mass is 10.2. The third kappa shape index (κ3) is 4.26. The summed E-state index contributed by atoms with van der Waals surface area (Å²) in [5, 5.41) is 2.91. The maximum atomic E-state index is 12.2. The normalized spacial score (nSPS) is 10.4. The molecule has 0 saturated heterocycles. The van der Waals surface area contributed by atoms with Crippen molar-refractivity contribution in [3.63, 3.8) is 0 Å². The summed E-state index contributed by atoms with van der Waals surface area (Å²) in [6.45, 7) is 1.45. The van der Waals surface area contributed by atoms with Crippen LogP contribution in [-0.2, 0) is 6.54 Å². The van der Waals surface area contributed by atoms with Gasteiger partial charge in [-0.3, -0.25) is 4.79 Å². The number of hydrogen-bond acceptors (Lipinski definition) is 4. The van der Waals surface area contributed by atoms with Crippen molar-refractivity contribution in [3.05, 3.63) is 42.5 Å². The van der Waals surface area contributed by atoms with E-state index in [1.807, 2.05) is 29.2 Å². The van der Waals surface area contributed by atoms with Crippen molar-refractivity contribution in [1.82, 2.24) is 14.9 Å². The van der Waals surface area contributed by atoms with Gasteiger partial charge in [0.2, 0.25) is 0 Å². The Morgan fingerprint density at radius 2 is 2.33 bits per heavy atom. The molecule has 1 aromatic heterocycles. The molecule has 5 nitrogen and oxygen atoms in total. The minimum Gasteiger partial charge on any atom is -0.496 e.